The molecule has 2 heteroatoms. The summed E-state index contributed by atoms with van der Waals surface area (Å²) in [5.41, 5.74) is 8.99. The van der Waals surface area contributed by atoms with E-state index in [-0.39, 0.29) is 0 Å². The molecule has 1 aliphatic carbocycles. The highest BCUT2D eigenvalue weighted by Crippen LogP contribution is 2.40. The van der Waals surface area contributed by atoms with Crippen LogP contribution in [-0.2, 0) is 0 Å². The Bertz CT molecular complexity index is 2670. The van der Waals surface area contributed by atoms with Crippen molar-refractivity contribution in [1.82, 2.24) is 0 Å². The van der Waals surface area contributed by atoms with Gasteiger partial charge in [-0.3, -0.25) is 10.4 Å². The highest BCUT2D eigenvalue weighted by atomic mass is 14.7. The molecule has 50 heavy (non-hydrogen) atoms. The quantitative estimate of drug-likeness (QED) is 0.139. The summed E-state index contributed by atoms with van der Waals surface area (Å²) < 4.78 is 0. The molecule has 1 N–H and O–H groups in total. The van der Waals surface area contributed by atoms with Crippen molar-refractivity contribution in [2.75, 3.05) is 0 Å². The van der Waals surface area contributed by atoms with E-state index in [1.165, 1.54) is 43.4 Å². The Morgan fingerprint density at radius 1 is 0.560 bits per heavy atom. The van der Waals surface area contributed by atoms with E-state index in [0.29, 0.717) is 5.71 Å². The molecule has 0 bridgehead atoms. The van der Waals surface area contributed by atoms with Gasteiger partial charge < -0.3 is 0 Å². The molecule has 0 aliphatic heterocycles. The highest BCUT2D eigenvalue weighted by molar-refractivity contribution is 6.21. The zero-order valence-corrected chi connectivity index (χ0v) is 27.6. The number of nitrogens with one attached hydrogen (secondary N) is 1. The maximum atomic E-state index is 9.38. The van der Waals surface area contributed by atoms with E-state index in [9.17, 15) is 5.41 Å². The van der Waals surface area contributed by atoms with Crippen LogP contribution in [0.2, 0.25) is 0 Å². The Labute approximate surface area is 291 Å². The number of rotatable bonds is 6. The fraction of sp³-hybridized carbons (Fsp3) is 0.0417. The summed E-state index contributed by atoms with van der Waals surface area (Å²) >= 11 is 0. The molecule has 0 aromatic heterocycles. The average Bonchev–Trinajstić information content (AvgIpc) is 3.18. The van der Waals surface area contributed by atoms with Gasteiger partial charge in [0.15, 0.2) is 0 Å². The molecule has 0 heterocycles. The largest absolute Gasteiger partial charge is 0.300 e. The number of aliphatic imine (C=N–C) groups is 1. The molecule has 8 aromatic rings. The summed E-state index contributed by atoms with van der Waals surface area (Å²) in [5.74, 6) is 0. The van der Waals surface area contributed by atoms with Gasteiger partial charge in [-0.15, -0.1) is 0 Å². The first-order chi connectivity index (χ1) is 24.7. The lowest BCUT2D eigenvalue weighted by molar-refractivity contribution is 1.00. The second-order valence-electron chi connectivity index (χ2n) is 13.0. The SMILES string of the molecule is N=C(C1=CC=CCC1)c1c(/N=C/c2cc(-c3cccc4ccccc34)cc(-c3c4ccccc4cc4ccccc34)c2)ccc2ccccc12. The molecule has 1 aliphatic rings. The van der Waals surface area contributed by atoms with Crippen molar-refractivity contribution in [3.63, 3.8) is 0 Å². The first kappa shape index (κ1) is 29.7. The standard InChI is InChI=1S/C48H34N2/c49-48(35-15-2-1-3-16-35)47-42-21-9-5-14-34(42)25-26-45(47)50-31-32-27-38(41-24-12-19-33-13-4-8-20-40(33)41)30-39(28-32)46-43-22-10-6-17-36(43)29-37-18-7-11-23-44(37)46/h1-2,4-15,17-31,49H,3,16H2/b49-48?,50-31+. The normalized spacial score (nSPS) is 13.1. The monoisotopic (exact) mass is 638 g/mol. The molecule has 0 fully saturated rings. The van der Waals surface area contributed by atoms with E-state index in [1.54, 1.807) is 0 Å². The van der Waals surface area contributed by atoms with Crippen LogP contribution in [0.4, 0.5) is 5.69 Å². The van der Waals surface area contributed by atoms with Gasteiger partial charge in [0, 0.05) is 11.8 Å². The van der Waals surface area contributed by atoms with Gasteiger partial charge in [-0.05, 0) is 120 Å². The van der Waals surface area contributed by atoms with E-state index in [1.807, 2.05) is 6.21 Å². The van der Waals surface area contributed by atoms with Crippen molar-refractivity contribution in [1.29, 1.82) is 5.41 Å². The maximum Gasteiger partial charge on any atom is 0.0730 e. The van der Waals surface area contributed by atoms with Gasteiger partial charge in [0.1, 0.15) is 0 Å². The Balaban J connectivity index is 1.28. The number of allylic oxidation sites excluding steroid dienone is 4. The Hall–Kier alpha value is -6.38. The van der Waals surface area contributed by atoms with Crippen molar-refractivity contribution in [2.24, 2.45) is 4.99 Å². The summed E-state index contributed by atoms with van der Waals surface area (Å²) in [6.07, 6.45) is 10.1. The summed E-state index contributed by atoms with van der Waals surface area (Å²) in [6, 6.07) is 54.2. The number of benzene rings is 8. The molecule has 0 saturated heterocycles. The zero-order chi connectivity index (χ0) is 33.4. The van der Waals surface area contributed by atoms with Gasteiger partial charge in [-0.2, -0.15) is 0 Å². The van der Waals surface area contributed by atoms with Crippen LogP contribution in [0, 0.1) is 5.41 Å². The minimum atomic E-state index is 0.547. The third kappa shape index (κ3) is 5.32. The summed E-state index contributed by atoms with van der Waals surface area (Å²) in [7, 11) is 0. The molecule has 0 atom stereocenters. The van der Waals surface area contributed by atoms with Gasteiger partial charge in [0.05, 0.1) is 11.4 Å². The third-order valence-electron chi connectivity index (χ3n) is 9.96. The minimum Gasteiger partial charge on any atom is -0.300 e. The van der Waals surface area contributed by atoms with Crippen LogP contribution in [0.5, 0.6) is 0 Å². The molecule has 236 valence electrons. The van der Waals surface area contributed by atoms with E-state index >= 15 is 0 Å². The van der Waals surface area contributed by atoms with Gasteiger partial charge in [0.25, 0.3) is 0 Å². The lowest BCUT2D eigenvalue weighted by atomic mass is 9.88. The van der Waals surface area contributed by atoms with Crippen molar-refractivity contribution in [2.45, 2.75) is 12.8 Å². The third-order valence-corrected chi connectivity index (χ3v) is 9.96. The predicted molar refractivity (Wildman–Crippen MR) is 214 cm³/mol. The Morgan fingerprint density at radius 2 is 1.18 bits per heavy atom. The van der Waals surface area contributed by atoms with Crippen molar-refractivity contribution < 1.29 is 0 Å². The van der Waals surface area contributed by atoms with Crippen LogP contribution in [0.3, 0.4) is 0 Å². The number of hydrogen-bond acceptors (Lipinski definition) is 2. The number of nitrogens with zero attached hydrogens (tertiary/aromatic N) is 1. The van der Waals surface area contributed by atoms with Crippen LogP contribution in [-0.4, -0.2) is 11.9 Å². The van der Waals surface area contributed by atoms with Crippen LogP contribution >= 0.6 is 0 Å². The molecule has 0 radical (unpaired) electrons. The van der Waals surface area contributed by atoms with Crippen molar-refractivity contribution >= 4 is 60.7 Å². The zero-order valence-electron chi connectivity index (χ0n) is 27.6. The fourth-order valence-corrected chi connectivity index (χ4v) is 7.57. The summed E-state index contributed by atoms with van der Waals surface area (Å²) in [6.45, 7) is 0. The molecular formula is C48H34N2. The average molecular weight is 639 g/mol. The van der Waals surface area contributed by atoms with E-state index < -0.39 is 0 Å². The summed E-state index contributed by atoms with van der Waals surface area (Å²) in [5, 5.41) is 18.9. The second kappa shape index (κ2) is 12.6. The summed E-state index contributed by atoms with van der Waals surface area (Å²) in [4.78, 5) is 5.19. The van der Waals surface area contributed by atoms with Gasteiger partial charge in [0.2, 0.25) is 0 Å². The Kier molecular flexibility index (Phi) is 7.48. The first-order valence-electron chi connectivity index (χ1n) is 17.3. The minimum absolute atomic E-state index is 0.547. The molecule has 9 rings (SSSR count). The molecule has 8 aromatic carbocycles. The van der Waals surface area contributed by atoms with Crippen LogP contribution in [0.25, 0.3) is 65.3 Å². The number of fused-ring (bicyclic) bond motifs is 4. The van der Waals surface area contributed by atoms with E-state index in [0.717, 1.165) is 57.1 Å². The van der Waals surface area contributed by atoms with Crippen LogP contribution in [0.1, 0.15) is 24.0 Å². The van der Waals surface area contributed by atoms with Gasteiger partial charge in [-0.1, -0.05) is 140 Å². The molecule has 0 spiro atoms. The molecule has 0 unspecified atom stereocenters. The van der Waals surface area contributed by atoms with E-state index in [4.69, 9.17) is 4.99 Å². The van der Waals surface area contributed by atoms with Crippen LogP contribution < -0.4 is 0 Å². The molecule has 0 saturated carbocycles. The highest BCUT2D eigenvalue weighted by Gasteiger charge is 2.17. The van der Waals surface area contributed by atoms with E-state index in [2.05, 4.69) is 170 Å². The fourth-order valence-electron chi connectivity index (χ4n) is 7.57. The van der Waals surface area contributed by atoms with Crippen molar-refractivity contribution in [3.8, 4) is 22.3 Å². The number of hydrogen-bond donors (Lipinski definition) is 1. The molecule has 0 amide bonds. The topological polar surface area (TPSA) is 36.2 Å². The molecule has 2 nitrogen and oxygen atoms in total. The van der Waals surface area contributed by atoms with Gasteiger partial charge >= 0.3 is 0 Å². The van der Waals surface area contributed by atoms with Gasteiger partial charge in [-0.25, -0.2) is 0 Å². The lowest BCUT2D eigenvalue weighted by Crippen LogP contribution is -2.06. The van der Waals surface area contributed by atoms with Crippen LogP contribution in [0.15, 0.2) is 180 Å². The first-order valence-corrected chi connectivity index (χ1v) is 17.3. The maximum absolute atomic E-state index is 9.38. The predicted octanol–water partition coefficient (Wildman–Crippen LogP) is 13.0. The Morgan fingerprint density at radius 3 is 1.90 bits per heavy atom. The smallest absolute Gasteiger partial charge is 0.0730 e. The van der Waals surface area contributed by atoms with Crippen molar-refractivity contribution in [3.05, 3.63) is 187 Å². The molecular weight excluding hydrogens is 605 g/mol. The second-order valence-corrected chi connectivity index (χ2v) is 13.0. The lowest BCUT2D eigenvalue weighted by Gasteiger charge is -2.16.